The molecule has 0 saturated carbocycles. The van der Waals surface area contributed by atoms with Gasteiger partial charge in [0.2, 0.25) is 0 Å². The molecule has 0 spiro atoms. The van der Waals surface area contributed by atoms with Gasteiger partial charge in [-0.05, 0) is 13.0 Å². The van der Waals surface area contributed by atoms with Crippen molar-refractivity contribution in [3.63, 3.8) is 0 Å². The highest BCUT2D eigenvalue weighted by atomic mass is 16.5. The zero-order chi connectivity index (χ0) is 11.3. The van der Waals surface area contributed by atoms with Crippen LogP contribution in [0.1, 0.15) is 17.3 Å². The molecule has 0 amide bonds. The Morgan fingerprint density at radius 3 is 3.07 bits per heavy atom. The van der Waals surface area contributed by atoms with Crippen LogP contribution in [-0.4, -0.2) is 30.6 Å². The Bertz CT molecular complexity index is 341. The van der Waals surface area contributed by atoms with E-state index in [0.717, 1.165) is 0 Å². The fourth-order valence-electron chi connectivity index (χ4n) is 1.12. The van der Waals surface area contributed by atoms with Crippen LogP contribution in [0.15, 0.2) is 18.5 Å². The number of ether oxygens (including phenoxy) is 1. The highest BCUT2D eigenvalue weighted by Gasteiger charge is 2.12. The van der Waals surface area contributed by atoms with Crippen molar-refractivity contribution in [1.29, 1.82) is 0 Å². The van der Waals surface area contributed by atoms with E-state index in [-0.39, 0.29) is 6.04 Å². The molecule has 0 aliphatic rings. The number of hydrogen-bond donors (Lipinski definition) is 2. The first-order chi connectivity index (χ1) is 7.19. The maximum absolute atomic E-state index is 11.4. The minimum absolute atomic E-state index is 0.0933. The maximum atomic E-state index is 11.4. The van der Waals surface area contributed by atoms with Gasteiger partial charge in [0.1, 0.15) is 5.56 Å². The van der Waals surface area contributed by atoms with Crippen LogP contribution >= 0.6 is 0 Å². The molecule has 5 nitrogen and oxygen atoms in total. The number of methoxy groups -OCH3 is 1. The molecule has 0 bridgehead atoms. The lowest BCUT2D eigenvalue weighted by Gasteiger charge is -2.14. The second-order valence-electron chi connectivity index (χ2n) is 3.19. The summed E-state index contributed by atoms with van der Waals surface area (Å²) in [6, 6.07) is 1.81. The lowest BCUT2D eigenvalue weighted by Crippen LogP contribution is -2.26. The topological polar surface area (TPSA) is 77.2 Å². The molecule has 1 heterocycles. The number of carbonyl (C=O) groups is 1. The van der Waals surface area contributed by atoms with Gasteiger partial charge in [0.25, 0.3) is 0 Å². The molecule has 15 heavy (non-hydrogen) atoms. The molecular weight excluding hydrogens is 194 g/mol. The summed E-state index contributed by atoms with van der Waals surface area (Å²) in [5.41, 5.74) is 6.59. The smallest absolute Gasteiger partial charge is 0.341 e. The molecule has 1 rings (SSSR count). The number of esters is 1. The second kappa shape index (κ2) is 5.31. The molecule has 0 aliphatic carbocycles. The van der Waals surface area contributed by atoms with Crippen LogP contribution in [0, 0.1) is 0 Å². The molecule has 5 heteroatoms. The van der Waals surface area contributed by atoms with Gasteiger partial charge in [-0.2, -0.15) is 0 Å². The molecule has 0 aliphatic heterocycles. The van der Waals surface area contributed by atoms with Crippen molar-refractivity contribution in [3.05, 3.63) is 24.0 Å². The van der Waals surface area contributed by atoms with E-state index in [9.17, 15) is 4.79 Å². The first-order valence-corrected chi connectivity index (χ1v) is 4.68. The van der Waals surface area contributed by atoms with Crippen LogP contribution in [0.3, 0.4) is 0 Å². The summed E-state index contributed by atoms with van der Waals surface area (Å²) in [7, 11) is 1.34. The van der Waals surface area contributed by atoms with Crippen molar-refractivity contribution in [2.24, 2.45) is 5.73 Å². The first kappa shape index (κ1) is 11.5. The predicted octanol–water partition coefficient (Wildman–Crippen LogP) is 0.627. The standard InChI is InChI=1S/C10H15N3O2/c1-7(5-11)13-9-3-4-12-6-8(9)10(14)15-2/h3-4,6-7H,5,11H2,1-2H3,(H,12,13). The van der Waals surface area contributed by atoms with Crippen molar-refractivity contribution >= 4 is 11.7 Å². The van der Waals surface area contributed by atoms with E-state index in [4.69, 9.17) is 5.73 Å². The molecule has 0 fully saturated rings. The molecule has 3 N–H and O–H groups in total. The van der Waals surface area contributed by atoms with E-state index in [2.05, 4.69) is 15.0 Å². The summed E-state index contributed by atoms with van der Waals surface area (Å²) < 4.78 is 4.64. The Labute approximate surface area is 88.6 Å². The molecule has 82 valence electrons. The fraction of sp³-hybridized carbons (Fsp3) is 0.400. The maximum Gasteiger partial charge on any atom is 0.341 e. The number of carbonyl (C=O) groups excluding carboxylic acids is 1. The minimum Gasteiger partial charge on any atom is -0.465 e. The number of anilines is 1. The molecule has 0 aromatic carbocycles. The number of aromatic nitrogens is 1. The lowest BCUT2D eigenvalue weighted by molar-refractivity contribution is 0.0601. The van der Waals surface area contributed by atoms with E-state index in [1.54, 1.807) is 12.3 Å². The molecule has 0 radical (unpaired) electrons. The van der Waals surface area contributed by atoms with Gasteiger partial charge in [-0.1, -0.05) is 0 Å². The van der Waals surface area contributed by atoms with Crippen LogP contribution in [0.4, 0.5) is 5.69 Å². The largest absolute Gasteiger partial charge is 0.465 e. The van der Waals surface area contributed by atoms with Gasteiger partial charge in [-0.25, -0.2) is 4.79 Å². The number of nitrogens with two attached hydrogens (primary N) is 1. The Hall–Kier alpha value is -1.62. The quantitative estimate of drug-likeness (QED) is 0.711. The number of nitrogens with one attached hydrogen (secondary N) is 1. The third kappa shape index (κ3) is 2.92. The van der Waals surface area contributed by atoms with Crippen molar-refractivity contribution in [1.82, 2.24) is 4.98 Å². The van der Waals surface area contributed by atoms with Crippen LogP contribution in [0.5, 0.6) is 0 Å². The van der Waals surface area contributed by atoms with Crippen LogP contribution in [0.25, 0.3) is 0 Å². The molecule has 1 aromatic heterocycles. The summed E-state index contributed by atoms with van der Waals surface area (Å²) >= 11 is 0. The zero-order valence-corrected chi connectivity index (χ0v) is 8.86. The Balaban J connectivity index is 2.91. The van der Waals surface area contributed by atoms with E-state index in [1.807, 2.05) is 6.92 Å². The first-order valence-electron chi connectivity index (χ1n) is 4.68. The van der Waals surface area contributed by atoms with Crippen LogP contribution in [0.2, 0.25) is 0 Å². The van der Waals surface area contributed by atoms with Gasteiger partial charge in [0, 0.05) is 25.0 Å². The number of hydrogen-bond acceptors (Lipinski definition) is 5. The second-order valence-corrected chi connectivity index (χ2v) is 3.19. The van der Waals surface area contributed by atoms with Crippen molar-refractivity contribution in [3.8, 4) is 0 Å². The third-order valence-electron chi connectivity index (χ3n) is 1.98. The van der Waals surface area contributed by atoms with Crippen molar-refractivity contribution in [2.45, 2.75) is 13.0 Å². The lowest BCUT2D eigenvalue weighted by atomic mass is 10.2. The Kier molecular flexibility index (Phi) is 4.05. The normalized spacial score (nSPS) is 11.9. The minimum atomic E-state index is -0.408. The summed E-state index contributed by atoms with van der Waals surface area (Å²) in [5, 5.41) is 3.11. The van der Waals surface area contributed by atoms with E-state index in [0.29, 0.717) is 17.8 Å². The summed E-state index contributed by atoms with van der Waals surface area (Å²) in [4.78, 5) is 15.2. The monoisotopic (exact) mass is 209 g/mol. The molecule has 1 aromatic rings. The average Bonchev–Trinajstić information content (AvgIpc) is 2.28. The van der Waals surface area contributed by atoms with Crippen molar-refractivity contribution in [2.75, 3.05) is 19.0 Å². The highest BCUT2D eigenvalue weighted by molar-refractivity contribution is 5.95. The van der Waals surface area contributed by atoms with Gasteiger partial charge >= 0.3 is 5.97 Å². The molecule has 0 saturated heterocycles. The van der Waals surface area contributed by atoms with Crippen molar-refractivity contribution < 1.29 is 9.53 Å². The number of nitrogens with zero attached hydrogens (tertiary/aromatic N) is 1. The van der Waals surface area contributed by atoms with E-state index < -0.39 is 5.97 Å². The summed E-state index contributed by atoms with van der Waals surface area (Å²) in [6.07, 6.45) is 3.08. The summed E-state index contributed by atoms with van der Waals surface area (Å²) in [5.74, 6) is -0.408. The third-order valence-corrected chi connectivity index (χ3v) is 1.98. The number of pyridine rings is 1. The SMILES string of the molecule is COC(=O)c1cnccc1NC(C)CN. The number of rotatable bonds is 4. The van der Waals surface area contributed by atoms with Gasteiger partial charge in [0.15, 0.2) is 0 Å². The van der Waals surface area contributed by atoms with Gasteiger partial charge in [-0.15, -0.1) is 0 Å². The Morgan fingerprint density at radius 1 is 1.73 bits per heavy atom. The summed E-state index contributed by atoms with van der Waals surface area (Å²) in [6.45, 7) is 2.42. The van der Waals surface area contributed by atoms with E-state index in [1.165, 1.54) is 13.3 Å². The average molecular weight is 209 g/mol. The Morgan fingerprint density at radius 2 is 2.47 bits per heavy atom. The molecule has 1 atom stereocenters. The van der Waals surface area contributed by atoms with Gasteiger partial charge in [-0.3, -0.25) is 4.98 Å². The molecule has 1 unspecified atom stereocenters. The van der Waals surface area contributed by atoms with Gasteiger partial charge < -0.3 is 15.8 Å². The molecular formula is C10H15N3O2. The van der Waals surface area contributed by atoms with Gasteiger partial charge in [0.05, 0.1) is 12.8 Å². The highest BCUT2D eigenvalue weighted by Crippen LogP contribution is 2.15. The van der Waals surface area contributed by atoms with Crippen LogP contribution < -0.4 is 11.1 Å². The van der Waals surface area contributed by atoms with Crippen LogP contribution in [-0.2, 0) is 4.74 Å². The predicted molar refractivity (Wildman–Crippen MR) is 57.7 cm³/mol. The zero-order valence-electron chi connectivity index (χ0n) is 8.86. The fourth-order valence-corrected chi connectivity index (χ4v) is 1.12. The van der Waals surface area contributed by atoms with E-state index >= 15 is 0 Å².